The molecule has 0 atom stereocenters. The van der Waals surface area contributed by atoms with E-state index in [1.54, 1.807) is 18.7 Å². The van der Waals surface area contributed by atoms with Crippen molar-refractivity contribution in [1.29, 1.82) is 0 Å². The summed E-state index contributed by atoms with van der Waals surface area (Å²) in [4.78, 5) is 14.1. The quantitative estimate of drug-likeness (QED) is 0.822. The highest BCUT2D eigenvalue weighted by Gasteiger charge is 2.28. The van der Waals surface area contributed by atoms with Gasteiger partial charge in [-0.2, -0.15) is 0 Å². The Morgan fingerprint density at radius 1 is 1.29 bits per heavy atom. The van der Waals surface area contributed by atoms with Crippen molar-refractivity contribution in [3.63, 3.8) is 0 Å². The van der Waals surface area contributed by atoms with E-state index in [1.807, 2.05) is 20.8 Å². The molecular weight excluding hydrogens is 292 g/mol. The van der Waals surface area contributed by atoms with Crippen molar-refractivity contribution in [1.82, 2.24) is 10.1 Å². The van der Waals surface area contributed by atoms with E-state index in [-0.39, 0.29) is 24.6 Å². The first-order valence-corrected chi connectivity index (χ1v) is 8.88. The first-order valence-electron chi connectivity index (χ1n) is 6.82. The Kier molecular flexibility index (Phi) is 5.20. The normalized spacial score (nSPS) is 12.5. The summed E-state index contributed by atoms with van der Waals surface area (Å²) in [6.07, 6.45) is 1.34. The van der Waals surface area contributed by atoms with Crippen molar-refractivity contribution in [2.75, 3.05) is 18.6 Å². The van der Waals surface area contributed by atoms with Crippen LogP contribution in [0.1, 0.15) is 37.8 Å². The maximum absolute atomic E-state index is 12.5. The van der Waals surface area contributed by atoms with Crippen LogP contribution in [0.25, 0.3) is 0 Å². The second-order valence-corrected chi connectivity index (χ2v) is 8.59. The van der Waals surface area contributed by atoms with Gasteiger partial charge in [-0.05, 0) is 34.6 Å². The van der Waals surface area contributed by atoms with Gasteiger partial charge in [-0.15, -0.1) is 0 Å². The molecule has 0 N–H and O–H groups in total. The Balaban J connectivity index is 2.91. The van der Waals surface area contributed by atoms with Gasteiger partial charge in [0.25, 0.3) is 0 Å². The van der Waals surface area contributed by atoms with Gasteiger partial charge in [0.1, 0.15) is 15.6 Å². The second-order valence-electron chi connectivity index (χ2n) is 6.33. The van der Waals surface area contributed by atoms with Crippen molar-refractivity contribution in [3.05, 3.63) is 17.0 Å². The zero-order valence-electron chi connectivity index (χ0n) is 13.6. The van der Waals surface area contributed by atoms with E-state index in [0.29, 0.717) is 11.5 Å². The van der Waals surface area contributed by atoms with Gasteiger partial charge in [0.15, 0.2) is 0 Å². The van der Waals surface area contributed by atoms with Gasteiger partial charge >= 0.3 is 0 Å². The average molecular weight is 316 g/mol. The largest absolute Gasteiger partial charge is 0.361 e. The zero-order valence-corrected chi connectivity index (χ0v) is 14.4. The molecule has 6 nitrogen and oxygen atoms in total. The monoisotopic (exact) mass is 316 g/mol. The molecule has 0 saturated heterocycles. The molecule has 0 aliphatic carbocycles. The van der Waals surface area contributed by atoms with Crippen LogP contribution >= 0.6 is 0 Å². The van der Waals surface area contributed by atoms with Crippen LogP contribution in [0.3, 0.4) is 0 Å². The highest BCUT2D eigenvalue weighted by molar-refractivity contribution is 7.90. The molecule has 1 rings (SSSR count). The third-order valence-electron chi connectivity index (χ3n) is 3.31. The first-order chi connectivity index (χ1) is 9.42. The predicted octanol–water partition coefficient (Wildman–Crippen LogP) is 1.51. The molecule has 0 saturated carbocycles. The minimum atomic E-state index is -3.12. The summed E-state index contributed by atoms with van der Waals surface area (Å²) in [5.41, 5.74) is 1.02. The lowest BCUT2D eigenvalue weighted by molar-refractivity contribution is -0.134. The van der Waals surface area contributed by atoms with E-state index in [9.17, 15) is 13.2 Å². The van der Waals surface area contributed by atoms with E-state index in [4.69, 9.17) is 4.52 Å². The van der Waals surface area contributed by atoms with Crippen LogP contribution in [0.4, 0.5) is 0 Å². The SMILES string of the molecule is Cc1noc(C)c1CC(=O)N(CCS(C)(=O)=O)C(C)(C)C. The van der Waals surface area contributed by atoms with E-state index in [2.05, 4.69) is 5.16 Å². The van der Waals surface area contributed by atoms with Crippen LogP contribution in [0.2, 0.25) is 0 Å². The van der Waals surface area contributed by atoms with Gasteiger partial charge in [-0.3, -0.25) is 4.79 Å². The van der Waals surface area contributed by atoms with Gasteiger partial charge < -0.3 is 9.42 Å². The number of rotatable bonds is 5. The van der Waals surface area contributed by atoms with Crippen LogP contribution in [0, 0.1) is 13.8 Å². The maximum atomic E-state index is 12.5. The molecule has 1 heterocycles. The van der Waals surface area contributed by atoms with Crippen molar-refractivity contribution >= 4 is 15.7 Å². The fraction of sp³-hybridized carbons (Fsp3) is 0.714. The second kappa shape index (κ2) is 6.17. The molecule has 0 unspecified atom stereocenters. The summed E-state index contributed by atoms with van der Waals surface area (Å²) in [7, 11) is -3.12. The molecule has 0 fully saturated rings. The van der Waals surface area contributed by atoms with Crippen LogP contribution in [0.15, 0.2) is 4.52 Å². The lowest BCUT2D eigenvalue weighted by Crippen LogP contribution is -2.48. The number of nitrogens with zero attached hydrogens (tertiary/aromatic N) is 2. The Labute approximate surface area is 126 Å². The highest BCUT2D eigenvalue weighted by atomic mass is 32.2. The standard InChI is InChI=1S/C14H24N2O4S/c1-10-12(11(2)20-15-10)9-13(17)16(14(3,4)5)7-8-21(6,18)19/h7-9H2,1-6H3. The molecule has 120 valence electrons. The molecule has 0 spiro atoms. The third kappa shape index (κ3) is 5.15. The summed E-state index contributed by atoms with van der Waals surface area (Å²) >= 11 is 0. The van der Waals surface area contributed by atoms with E-state index < -0.39 is 15.4 Å². The summed E-state index contributed by atoms with van der Waals surface area (Å²) in [6.45, 7) is 9.41. The fourth-order valence-corrected chi connectivity index (χ4v) is 2.61. The summed E-state index contributed by atoms with van der Waals surface area (Å²) in [5, 5.41) is 3.83. The Hall–Kier alpha value is -1.37. The van der Waals surface area contributed by atoms with Gasteiger partial charge in [0, 0.05) is 23.9 Å². The summed E-state index contributed by atoms with van der Waals surface area (Å²) < 4.78 is 27.8. The molecular formula is C14H24N2O4S. The van der Waals surface area contributed by atoms with Gasteiger partial charge in [0.2, 0.25) is 5.91 Å². The molecule has 1 aromatic heterocycles. The molecule has 0 aromatic carbocycles. The molecule has 7 heteroatoms. The fourth-order valence-electron chi connectivity index (χ4n) is 2.09. The number of aryl methyl sites for hydroxylation is 2. The third-order valence-corrected chi connectivity index (χ3v) is 4.23. The van der Waals surface area contributed by atoms with Crippen LogP contribution in [-0.2, 0) is 21.1 Å². The smallest absolute Gasteiger partial charge is 0.227 e. The number of carbonyl (C=O) groups excluding carboxylic acids is 1. The lowest BCUT2D eigenvalue weighted by atomic mass is 10.0. The van der Waals surface area contributed by atoms with E-state index in [1.165, 1.54) is 6.26 Å². The van der Waals surface area contributed by atoms with Crippen molar-refractivity contribution in [3.8, 4) is 0 Å². The summed E-state index contributed by atoms with van der Waals surface area (Å²) in [5.74, 6) is 0.454. The van der Waals surface area contributed by atoms with Crippen molar-refractivity contribution in [2.45, 2.75) is 46.6 Å². The minimum Gasteiger partial charge on any atom is -0.361 e. The molecule has 21 heavy (non-hydrogen) atoms. The molecule has 0 aliphatic heterocycles. The highest BCUT2D eigenvalue weighted by Crippen LogP contribution is 2.19. The number of carbonyl (C=O) groups is 1. The minimum absolute atomic E-state index is 0.0440. The van der Waals surface area contributed by atoms with Crippen LogP contribution in [0.5, 0.6) is 0 Å². The Bertz CT molecular complexity index is 592. The van der Waals surface area contributed by atoms with Gasteiger partial charge in [-0.25, -0.2) is 8.42 Å². The maximum Gasteiger partial charge on any atom is 0.227 e. The predicted molar refractivity (Wildman–Crippen MR) is 80.9 cm³/mol. The van der Waals surface area contributed by atoms with Gasteiger partial charge in [-0.1, -0.05) is 5.16 Å². The number of hydrogen-bond acceptors (Lipinski definition) is 5. The van der Waals surface area contributed by atoms with Gasteiger partial charge in [0.05, 0.1) is 17.9 Å². The molecule has 1 aromatic rings. The van der Waals surface area contributed by atoms with Crippen LogP contribution in [-0.4, -0.2) is 48.5 Å². The zero-order chi connectivity index (χ0) is 16.4. The van der Waals surface area contributed by atoms with E-state index >= 15 is 0 Å². The van der Waals surface area contributed by atoms with E-state index in [0.717, 1.165) is 5.56 Å². The Morgan fingerprint density at radius 2 is 1.86 bits per heavy atom. The van der Waals surface area contributed by atoms with Crippen molar-refractivity contribution in [2.24, 2.45) is 0 Å². The van der Waals surface area contributed by atoms with Crippen LogP contribution < -0.4 is 0 Å². The number of sulfone groups is 1. The Morgan fingerprint density at radius 3 is 2.24 bits per heavy atom. The molecule has 1 amide bonds. The topological polar surface area (TPSA) is 80.5 Å². The number of amides is 1. The molecule has 0 radical (unpaired) electrons. The molecule has 0 bridgehead atoms. The molecule has 0 aliphatic rings. The summed E-state index contributed by atoms with van der Waals surface area (Å²) in [6, 6.07) is 0. The first kappa shape index (κ1) is 17.7. The lowest BCUT2D eigenvalue weighted by Gasteiger charge is -2.35. The average Bonchev–Trinajstić information content (AvgIpc) is 2.57. The van der Waals surface area contributed by atoms with Crippen molar-refractivity contribution < 1.29 is 17.7 Å². The number of aromatic nitrogens is 1. The number of hydrogen-bond donors (Lipinski definition) is 0.